The zero-order valence-corrected chi connectivity index (χ0v) is 12.7. The predicted molar refractivity (Wildman–Crippen MR) is 80.6 cm³/mol. The molecule has 0 radical (unpaired) electrons. The van der Waals surface area contributed by atoms with Gasteiger partial charge in [-0.25, -0.2) is 9.97 Å². The minimum absolute atomic E-state index is 0.487. The zero-order valence-electron chi connectivity index (χ0n) is 12.7. The molecule has 6 nitrogen and oxygen atoms in total. The van der Waals surface area contributed by atoms with Crippen molar-refractivity contribution in [2.45, 2.75) is 20.3 Å². The molecule has 0 saturated heterocycles. The molecule has 112 valence electrons. The standard InChI is InChI=1S/C16H16N4O2/c1-10-6-13(21-3)5-4-12(10)7-14-19-16(20-22-14)15-11(2)8-17-9-18-15/h4-6,8-9H,7H2,1-3H3. The van der Waals surface area contributed by atoms with E-state index < -0.39 is 0 Å². The van der Waals surface area contributed by atoms with Crippen molar-refractivity contribution in [1.82, 2.24) is 20.1 Å². The van der Waals surface area contributed by atoms with Crippen LogP contribution in [-0.2, 0) is 6.42 Å². The van der Waals surface area contributed by atoms with E-state index in [0.717, 1.165) is 22.4 Å². The van der Waals surface area contributed by atoms with E-state index in [1.54, 1.807) is 13.3 Å². The number of ether oxygens (including phenoxy) is 1. The Hall–Kier alpha value is -2.76. The van der Waals surface area contributed by atoms with Crippen molar-refractivity contribution in [3.8, 4) is 17.3 Å². The second-order valence-electron chi connectivity index (χ2n) is 5.04. The normalized spacial score (nSPS) is 10.7. The smallest absolute Gasteiger partial charge is 0.231 e. The molecule has 1 aromatic carbocycles. The molecule has 2 heterocycles. The average molecular weight is 296 g/mol. The number of aryl methyl sites for hydroxylation is 2. The Kier molecular flexibility index (Phi) is 3.82. The summed E-state index contributed by atoms with van der Waals surface area (Å²) in [5.74, 6) is 1.88. The van der Waals surface area contributed by atoms with Crippen LogP contribution in [-0.4, -0.2) is 27.2 Å². The van der Waals surface area contributed by atoms with Gasteiger partial charge in [0.2, 0.25) is 11.7 Å². The first-order valence-electron chi connectivity index (χ1n) is 6.90. The predicted octanol–water partition coefficient (Wildman–Crippen LogP) is 2.74. The van der Waals surface area contributed by atoms with Crippen molar-refractivity contribution in [3.63, 3.8) is 0 Å². The molecule has 0 aliphatic rings. The first kappa shape index (κ1) is 14.2. The second kappa shape index (κ2) is 5.93. The number of rotatable bonds is 4. The maximum absolute atomic E-state index is 5.34. The number of methoxy groups -OCH3 is 1. The number of nitrogens with zero attached hydrogens (tertiary/aromatic N) is 4. The van der Waals surface area contributed by atoms with Gasteiger partial charge in [-0.2, -0.15) is 4.98 Å². The highest BCUT2D eigenvalue weighted by Gasteiger charge is 2.13. The largest absolute Gasteiger partial charge is 0.497 e. The van der Waals surface area contributed by atoms with Crippen LogP contribution < -0.4 is 4.74 Å². The molecule has 3 aromatic rings. The van der Waals surface area contributed by atoms with Gasteiger partial charge >= 0.3 is 0 Å². The SMILES string of the molecule is COc1ccc(Cc2nc(-c3ncncc3C)no2)c(C)c1. The Morgan fingerprint density at radius 3 is 2.77 bits per heavy atom. The van der Waals surface area contributed by atoms with Crippen molar-refractivity contribution >= 4 is 0 Å². The van der Waals surface area contributed by atoms with Gasteiger partial charge in [0.1, 0.15) is 17.8 Å². The van der Waals surface area contributed by atoms with Crippen LogP contribution in [0.4, 0.5) is 0 Å². The first-order valence-corrected chi connectivity index (χ1v) is 6.90. The maximum atomic E-state index is 5.34. The molecule has 22 heavy (non-hydrogen) atoms. The Balaban J connectivity index is 1.85. The van der Waals surface area contributed by atoms with E-state index in [-0.39, 0.29) is 0 Å². The summed E-state index contributed by atoms with van der Waals surface area (Å²) in [6.45, 7) is 3.95. The van der Waals surface area contributed by atoms with Crippen molar-refractivity contribution in [2.75, 3.05) is 7.11 Å². The van der Waals surface area contributed by atoms with E-state index in [1.807, 2.05) is 32.0 Å². The summed E-state index contributed by atoms with van der Waals surface area (Å²) >= 11 is 0. The lowest BCUT2D eigenvalue weighted by Gasteiger charge is -2.05. The Labute approximate surface area is 128 Å². The van der Waals surface area contributed by atoms with Gasteiger partial charge < -0.3 is 9.26 Å². The molecule has 0 aliphatic heterocycles. The Morgan fingerprint density at radius 2 is 2.05 bits per heavy atom. The van der Waals surface area contributed by atoms with Crippen molar-refractivity contribution < 1.29 is 9.26 Å². The summed E-state index contributed by atoms with van der Waals surface area (Å²) in [5.41, 5.74) is 3.85. The molecular formula is C16H16N4O2. The summed E-state index contributed by atoms with van der Waals surface area (Å²) < 4.78 is 10.5. The molecular weight excluding hydrogens is 280 g/mol. The van der Waals surface area contributed by atoms with E-state index in [9.17, 15) is 0 Å². The molecule has 0 unspecified atom stereocenters. The van der Waals surface area contributed by atoms with E-state index >= 15 is 0 Å². The first-order chi connectivity index (χ1) is 10.7. The third-order valence-electron chi connectivity index (χ3n) is 3.47. The lowest BCUT2D eigenvalue weighted by Crippen LogP contribution is -1.94. The fourth-order valence-corrected chi connectivity index (χ4v) is 2.21. The highest BCUT2D eigenvalue weighted by molar-refractivity contribution is 5.52. The molecule has 0 atom stereocenters. The number of hydrogen-bond acceptors (Lipinski definition) is 6. The van der Waals surface area contributed by atoms with Gasteiger partial charge in [0.05, 0.1) is 13.5 Å². The van der Waals surface area contributed by atoms with Gasteiger partial charge in [-0.15, -0.1) is 0 Å². The third kappa shape index (κ3) is 2.81. The van der Waals surface area contributed by atoms with Crippen LogP contribution >= 0.6 is 0 Å². The lowest BCUT2D eigenvalue weighted by molar-refractivity contribution is 0.385. The molecule has 3 rings (SSSR count). The molecule has 0 spiro atoms. The van der Waals surface area contributed by atoms with E-state index in [2.05, 4.69) is 20.1 Å². The lowest BCUT2D eigenvalue weighted by atomic mass is 10.1. The Bertz CT molecular complexity index is 798. The molecule has 0 bridgehead atoms. The van der Waals surface area contributed by atoms with Gasteiger partial charge in [-0.1, -0.05) is 11.2 Å². The fraction of sp³-hybridized carbons (Fsp3) is 0.250. The second-order valence-corrected chi connectivity index (χ2v) is 5.04. The molecule has 6 heteroatoms. The summed E-state index contributed by atoms with van der Waals surface area (Å²) in [5, 5.41) is 4.01. The summed E-state index contributed by atoms with van der Waals surface area (Å²) in [4.78, 5) is 12.6. The minimum Gasteiger partial charge on any atom is -0.497 e. The van der Waals surface area contributed by atoms with Gasteiger partial charge in [0, 0.05) is 6.20 Å². The molecule has 0 fully saturated rings. The summed E-state index contributed by atoms with van der Waals surface area (Å²) in [6.07, 6.45) is 3.78. The van der Waals surface area contributed by atoms with Crippen LogP contribution in [0.1, 0.15) is 22.6 Å². The summed E-state index contributed by atoms with van der Waals surface area (Å²) in [6, 6.07) is 5.92. The van der Waals surface area contributed by atoms with Crippen LogP contribution in [0.2, 0.25) is 0 Å². The molecule has 0 N–H and O–H groups in total. The van der Waals surface area contributed by atoms with Crippen LogP contribution in [0.3, 0.4) is 0 Å². The topological polar surface area (TPSA) is 73.9 Å². The van der Waals surface area contributed by atoms with Crippen LogP contribution in [0.15, 0.2) is 35.2 Å². The van der Waals surface area contributed by atoms with Crippen LogP contribution in [0.25, 0.3) is 11.5 Å². The monoisotopic (exact) mass is 296 g/mol. The van der Waals surface area contributed by atoms with E-state index in [1.165, 1.54) is 6.33 Å². The average Bonchev–Trinajstić information content (AvgIpc) is 2.98. The molecule has 0 amide bonds. The van der Waals surface area contributed by atoms with Crippen molar-refractivity contribution in [2.24, 2.45) is 0 Å². The minimum atomic E-state index is 0.487. The van der Waals surface area contributed by atoms with Crippen LogP contribution in [0, 0.1) is 13.8 Å². The zero-order chi connectivity index (χ0) is 15.5. The molecule has 0 aliphatic carbocycles. The maximum Gasteiger partial charge on any atom is 0.231 e. The number of aromatic nitrogens is 4. The molecule has 2 aromatic heterocycles. The van der Waals surface area contributed by atoms with Gasteiger partial charge in [0.15, 0.2) is 0 Å². The van der Waals surface area contributed by atoms with E-state index in [4.69, 9.17) is 9.26 Å². The highest BCUT2D eigenvalue weighted by Crippen LogP contribution is 2.21. The quantitative estimate of drug-likeness (QED) is 0.737. The van der Waals surface area contributed by atoms with E-state index in [0.29, 0.717) is 23.8 Å². The van der Waals surface area contributed by atoms with Gasteiger partial charge in [-0.05, 0) is 42.7 Å². The number of hydrogen-bond donors (Lipinski definition) is 0. The third-order valence-corrected chi connectivity index (χ3v) is 3.47. The van der Waals surface area contributed by atoms with Crippen molar-refractivity contribution in [3.05, 3.63) is 53.3 Å². The number of benzene rings is 1. The van der Waals surface area contributed by atoms with Crippen molar-refractivity contribution in [1.29, 1.82) is 0 Å². The van der Waals surface area contributed by atoms with Crippen LogP contribution in [0.5, 0.6) is 5.75 Å². The fourth-order valence-electron chi connectivity index (χ4n) is 2.21. The highest BCUT2D eigenvalue weighted by atomic mass is 16.5. The summed E-state index contributed by atoms with van der Waals surface area (Å²) in [7, 11) is 1.66. The van der Waals surface area contributed by atoms with Gasteiger partial charge in [-0.3, -0.25) is 0 Å². The molecule has 0 saturated carbocycles. The Morgan fingerprint density at radius 1 is 1.18 bits per heavy atom. The van der Waals surface area contributed by atoms with Gasteiger partial charge in [0.25, 0.3) is 0 Å².